The van der Waals surface area contributed by atoms with Crippen molar-refractivity contribution in [1.82, 2.24) is 24.8 Å². The highest BCUT2D eigenvalue weighted by molar-refractivity contribution is 5.97. The van der Waals surface area contributed by atoms with Crippen LogP contribution in [0.4, 0.5) is 11.6 Å². The molecule has 0 saturated carbocycles. The molecule has 2 unspecified atom stereocenters. The van der Waals surface area contributed by atoms with Gasteiger partial charge in [-0.15, -0.1) is 0 Å². The lowest BCUT2D eigenvalue weighted by atomic mass is 9.97. The number of carbonyl (C=O) groups excluding carboxylic acids is 1. The van der Waals surface area contributed by atoms with Crippen LogP contribution in [0.15, 0.2) is 30.3 Å². The molecule has 5 heterocycles. The molecule has 3 aliphatic heterocycles. The van der Waals surface area contributed by atoms with Crippen LogP contribution in [0.1, 0.15) is 60.3 Å². The third-order valence-electron chi connectivity index (χ3n) is 7.86. The van der Waals surface area contributed by atoms with E-state index in [1.807, 2.05) is 34.5 Å². The number of nitrogens with zero attached hydrogens (tertiary/aromatic N) is 6. The molecule has 3 aromatic rings. The van der Waals surface area contributed by atoms with Crippen LogP contribution in [0.25, 0.3) is 5.65 Å². The number of carbonyl (C=O) groups is 1. The summed E-state index contributed by atoms with van der Waals surface area (Å²) in [5.74, 6) is 2.68. The van der Waals surface area contributed by atoms with Crippen LogP contribution in [0.2, 0.25) is 0 Å². The summed E-state index contributed by atoms with van der Waals surface area (Å²) in [5.41, 5.74) is 3.43. The van der Waals surface area contributed by atoms with Gasteiger partial charge in [-0.3, -0.25) is 4.79 Å². The molecule has 0 aliphatic carbocycles. The topological polar surface area (TPSA) is 78.2 Å². The monoisotopic (exact) mass is 503 g/mol. The van der Waals surface area contributed by atoms with Gasteiger partial charge in [0.05, 0.1) is 17.3 Å². The summed E-state index contributed by atoms with van der Waals surface area (Å²) in [6.07, 6.45) is 4.15. The van der Waals surface area contributed by atoms with Gasteiger partial charge >= 0.3 is 0 Å². The van der Waals surface area contributed by atoms with E-state index in [-0.39, 0.29) is 18.0 Å². The number of nitrogens with one attached hydrogen (secondary N) is 1. The van der Waals surface area contributed by atoms with Crippen LogP contribution >= 0.6 is 0 Å². The van der Waals surface area contributed by atoms with Gasteiger partial charge < -0.3 is 24.8 Å². The first kappa shape index (κ1) is 24.0. The first-order chi connectivity index (χ1) is 18.0. The first-order valence-corrected chi connectivity index (χ1v) is 13.6. The first-order valence-electron chi connectivity index (χ1n) is 13.6. The van der Waals surface area contributed by atoms with E-state index in [2.05, 4.69) is 41.2 Å². The second kappa shape index (κ2) is 9.85. The van der Waals surface area contributed by atoms with Gasteiger partial charge in [0.15, 0.2) is 5.65 Å². The third-order valence-corrected chi connectivity index (χ3v) is 7.86. The van der Waals surface area contributed by atoms with E-state index in [0.717, 1.165) is 67.4 Å². The summed E-state index contributed by atoms with van der Waals surface area (Å²) in [7, 11) is 2.11. The molecule has 1 N–H and O–H groups in total. The van der Waals surface area contributed by atoms with Gasteiger partial charge in [-0.2, -0.15) is 9.61 Å². The highest BCUT2D eigenvalue weighted by Gasteiger charge is 2.33. The number of rotatable bonds is 1. The van der Waals surface area contributed by atoms with Gasteiger partial charge in [0.1, 0.15) is 24.0 Å². The fourth-order valence-electron chi connectivity index (χ4n) is 5.71. The smallest absolute Gasteiger partial charge is 0.258 e. The van der Waals surface area contributed by atoms with Gasteiger partial charge in [-0.05, 0) is 51.7 Å². The Bertz CT molecular complexity index is 1300. The maximum atomic E-state index is 14.0. The molecule has 37 heavy (non-hydrogen) atoms. The summed E-state index contributed by atoms with van der Waals surface area (Å²) in [5, 5.41) is 8.65. The highest BCUT2D eigenvalue weighted by atomic mass is 16.5. The van der Waals surface area contributed by atoms with Crippen LogP contribution < -0.4 is 19.9 Å². The zero-order valence-corrected chi connectivity index (χ0v) is 22.1. The van der Waals surface area contributed by atoms with Crippen LogP contribution in [-0.2, 0) is 0 Å². The Labute approximate surface area is 218 Å². The lowest BCUT2D eigenvalue weighted by Gasteiger charge is -2.35. The van der Waals surface area contributed by atoms with Crippen molar-refractivity contribution in [3.8, 4) is 5.75 Å². The number of fused-ring (bicyclic) bond motifs is 4. The summed E-state index contributed by atoms with van der Waals surface area (Å²) < 4.78 is 8.12. The van der Waals surface area contributed by atoms with Gasteiger partial charge in [0, 0.05) is 57.9 Å². The molecule has 2 bridgehead atoms. The Balaban J connectivity index is 1.47. The number of hydrogen-bond donors (Lipinski definition) is 1. The molecule has 196 valence electrons. The van der Waals surface area contributed by atoms with E-state index in [4.69, 9.17) is 14.8 Å². The molecular formula is C28H37N7O2. The predicted octanol–water partition coefficient (Wildman–Crippen LogP) is 3.42. The van der Waals surface area contributed by atoms with Gasteiger partial charge in [-0.25, -0.2) is 4.98 Å². The second-order valence-corrected chi connectivity index (χ2v) is 10.7. The number of aromatic nitrogens is 3. The minimum atomic E-state index is -0.0876. The van der Waals surface area contributed by atoms with E-state index in [1.54, 1.807) is 0 Å². The molecule has 6 rings (SSSR count). The van der Waals surface area contributed by atoms with Gasteiger partial charge in [0.2, 0.25) is 0 Å². The van der Waals surface area contributed by atoms with E-state index in [0.29, 0.717) is 31.0 Å². The molecule has 2 saturated heterocycles. The van der Waals surface area contributed by atoms with Crippen LogP contribution in [0, 0.1) is 6.92 Å². The zero-order chi connectivity index (χ0) is 25.5. The van der Waals surface area contributed by atoms with Crippen molar-refractivity contribution >= 4 is 23.2 Å². The molecule has 3 aliphatic rings. The number of anilines is 2. The minimum Gasteiger partial charge on any atom is -0.491 e. The summed E-state index contributed by atoms with van der Waals surface area (Å²) in [6, 6.07) is 10.3. The molecule has 9 heteroatoms. The molecule has 1 amide bonds. The summed E-state index contributed by atoms with van der Waals surface area (Å²) in [6.45, 7) is 9.00. The molecule has 1 aromatic carbocycles. The Kier molecular flexibility index (Phi) is 6.40. The number of benzene rings is 1. The van der Waals surface area contributed by atoms with E-state index in [9.17, 15) is 4.79 Å². The lowest BCUT2D eigenvalue weighted by Crippen LogP contribution is -2.41. The number of aryl methyl sites for hydroxylation is 1. The molecule has 0 spiro atoms. The number of amides is 1. The molecule has 0 radical (unpaired) electrons. The van der Waals surface area contributed by atoms with Crippen molar-refractivity contribution in [2.45, 2.75) is 51.6 Å². The van der Waals surface area contributed by atoms with Crippen molar-refractivity contribution in [2.24, 2.45) is 0 Å². The molecular weight excluding hydrogens is 466 g/mol. The lowest BCUT2D eigenvalue weighted by molar-refractivity contribution is 0.0601. The van der Waals surface area contributed by atoms with Crippen molar-refractivity contribution in [3.63, 3.8) is 0 Å². The molecule has 2 atom stereocenters. The maximum absolute atomic E-state index is 14.0. The minimum absolute atomic E-state index is 0.0143. The van der Waals surface area contributed by atoms with Crippen molar-refractivity contribution in [3.05, 3.63) is 47.2 Å². The van der Waals surface area contributed by atoms with Crippen LogP contribution in [0.5, 0.6) is 5.75 Å². The maximum Gasteiger partial charge on any atom is 0.258 e. The Hall–Kier alpha value is -3.33. The van der Waals surface area contributed by atoms with Gasteiger partial charge in [-0.1, -0.05) is 11.6 Å². The normalized spacial score (nSPS) is 23.0. The zero-order valence-electron chi connectivity index (χ0n) is 22.1. The fourth-order valence-corrected chi connectivity index (χ4v) is 5.71. The number of ether oxygens (including phenoxy) is 1. The number of piperidine rings is 1. The molecule has 9 nitrogen and oxygen atoms in total. The standard InChI is InChI=1S/C28H37N7O2/c1-19-8-9-24-21(15-19)28(36)34-13-5-4-7-23(34)22-16-26-30-25(33-11-6-12-33)17-27(35(26)31-22)32(3)18-20(2)29-10-14-37-24/h8-9,15-17,20,23,29H,4-7,10-14,18H2,1-3H3. The van der Waals surface area contributed by atoms with Gasteiger partial charge in [0.25, 0.3) is 5.91 Å². The molecule has 2 fully saturated rings. The second-order valence-electron chi connectivity index (χ2n) is 10.7. The Morgan fingerprint density at radius 2 is 1.95 bits per heavy atom. The van der Waals surface area contributed by atoms with Crippen LogP contribution in [0.3, 0.4) is 0 Å². The Morgan fingerprint density at radius 1 is 1.08 bits per heavy atom. The van der Waals surface area contributed by atoms with E-state index in [1.165, 1.54) is 6.42 Å². The van der Waals surface area contributed by atoms with Crippen molar-refractivity contribution in [2.75, 3.05) is 56.2 Å². The van der Waals surface area contributed by atoms with Crippen LogP contribution in [-0.4, -0.2) is 77.8 Å². The van der Waals surface area contributed by atoms with Crippen molar-refractivity contribution < 1.29 is 9.53 Å². The average molecular weight is 504 g/mol. The average Bonchev–Trinajstić information content (AvgIpc) is 3.29. The van der Waals surface area contributed by atoms with Crippen molar-refractivity contribution in [1.29, 1.82) is 0 Å². The fraction of sp³-hybridized carbons (Fsp3) is 0.536. The number of hydrogen-bond acceptors (Lipinski definition) is 7. The van der Waals surface area contributed by atoms with E-state index >= 15 is 0 Å². The quantitative estimate of drug-likeness (QED) is 0.545. The predicted molar refractivity (Wildman–Crippen MR) is 145 cm³/mol. The largest absolute Gasteiger partial charge is 0.491 e. The SMILES string of the molecule is Cc1ccc2c(c1)C(=O)N1CCCCC1c1cc3nc(N4CCC4)cc(n3n1)N(C)CC(C)NCCO2. The highest BCUT2D eigenvalue weighted by Crippen LogP contribution is 2.35. The van der Waals surface area contributed by atoms with E-state index < -0.39 is 0 Å². The molecule has 2 aromatic heterocycles. The summed E-state index contributed by atoms with van der Waals surface area (Å²) in [4.78, 5) is 25.6. The Morgan fingerprint density at radius 3 is 2.76 bits per heavy atom. The number of likely N-dealkylation sites (N-methyl/N-ethyl adjacent to an activating group) is 1. The summed E-state index contributed by atoms with van der Waals surface area (Å²) >= 11 is 0. The third kappa shape index (κ3) is 4.61.